The molecular formula is C13H16N6O3. The molecule has 1 aromatic carbocycles. The third-order valence-corrected chi connectivity index (χ3v) is 3.12. The molecule has 9 nitrogen and oxygen atoms in total. The van der Waals surface area contributed by atoms with Crippen LogP contribution in [-0.2, 0) is 6.54 Å². The highest BCUT2D eigenvalue weighted by molar-refractivity contribution is 5.74. The first-order valence-electron chi connectivity index (χ1n) is 6.57. The first kappa shape index (κ1) is 15.4. The number of carbonyl (C=O) groups is 1. The molecule has 2 N–H and O–H groups in total. The fourth-order valence-electron chi connectivity index (χ4n) is 1.89. The van der Waals surface area contributed by atoms with E-state index in [4.69, 9.17) is 0 Å². The standard InChI is InChI=1S/C13H16N6O3/c1-9(10-4-3-5-11(6-10)19(21)22)16-13(20)18(2)7-12-14-8-15-17-12/h3-6,8-9H,7H2,1-2H3,(H,16,20)(H,14,15,17). The molecule has 0 radical (unpaired) electrons. The number of H-pyrrole nitrogens is 1. The molecule has 1 atom stereocenters. The highest BCUT2D eigenvalue weighted by Crippen LogP contribution is 2.19. The van der Waals surface area contributed by atoms with Gasteiger partial charge < -0.3 is 10.2 Å². The van der Waals surface area contributed by atoms with Gasteiger partial charge in [-0.05, 0) is 12.5 Å². The zero-order chi connectivity index (χ0) is 16.1. The normalized spacial score (nSPS) is 11.7. The number of nitro groups is 1. The number of rotatable bonds is 5. The molecule has 1 aromatic heterocycles. The number of benzene rings is 1. The quantitative estimate of drug-likeness (QED) is 0.643. The van der Waals surface area contributed by atoms with Crippen LogP contribution in [0, 0.1) is 10.1 Å². The zero-order valence-electron chi connectivity index (χ0n) is 12.2. The van der Waals surface area contributed by atoms with Crippen LogP contribution >= 0.6 is 0 Å². The molecule has 0 fully saturated rings. The number of hydrogen-bond acceptors (Lipinski definition) is 5. The maximum Gasteiger partial charge on any atom is 0.318 e. The monoisotopic (exact) mass is 304 g/mol. The number of urea groups is 1. The van der Waals surface area contributed by atoms with Crippen molar-refractivity contribution in [3.8, 4) is 0 Å². The summed E-state index contributed by atoms with van der Waals surface area (Å²) < 4.78 is 0. The van der Waals surface area contributed by atoms with Crippen molar-refractivity contribution in [1.29, 1.82) is 0 Å². The Morgan fingerprint density at radius 3 is 2.95 bits per heavy atom. The van der Waals surface area contributed by atoms with Crippen LogP contribution in [0.25, 0.3) is 0 Å². The Balaban J connectivity index is 1.98. The average Bonchev–Trinajstić information content (AvgIpc) is 3.00. The first-order chi connectivity index (χ1) is 10.5. The third kappa shape index (κ3) is 3.78. The van der Waals surface area contributed by atoms with Crippen LogP contribution in [0.5, 0.6) is 0 Å². The van der Waals surface area contributed by atoms with Crippen LogP contribution in [0.4, 0.5) is 10.5 Å². The molecule has 0 aliphatic rings. The molecule has 0 spiro atoms. The molecule has 1 unspecified atom stereocenters. The van der Waals surface area contributed by atoms with Crippen molar-refractivity contribution in [2.24, 2.45) is 0 Å². The SMILES string of the molecule is CC(NC(=O)N(C)Cc1ncn[nH]1)c1cccc([N+](=O)[O-])c1. The number of nitrogens with one attached hydrogen (secondary N) is 2. The molecule has 0 aliphatic carbocycles. The van der Waals surface area contributed by atoms with E-state index in [0.29, 0.717) is 11.4 Å². The first-order valence-corrected chi connectivity index (χ1v) is 6.57. The second-order valence-electron chi connectivity index (χ2n) is 4.81. The molecule has 116 valence electrons. The number of amides is 2. The van der Waals surface area contributed by atoms with Gasteiger partial charge in [-0.15, -0.1) is 0 Å². The summed E-state index contributed by atoms with van der Waals surface area (Å²) in [6.45, 7) is 2.05. The average molecular weight is 304 g/mol. The van der Waals surface area contributed by atoms with E-state index in [1.54, 1.807) is 26.1 Å². The Hall–Kier alpha value is -2.97. The number of nitrogens with zero attached hydrogens (tertiary/aromatic N) is 4. The summed E-state index contributed by atoms with van der Waals surface area (Å²) in [7, 11) is 1.62. The summed E-state index contributed by atoms with van der Waals surface area (Å²) in [6.07, 6.45) is 1.37. The van der Waals surface area contributed by atoms with E-state index in [1.165, 1.54) is 23.4 Å². The van der Waals surface area contributed by atoms with E-state index in [-0.39, 0.29) is 24.3 Å². The van der Waals surface area contributed by atoms with E-state index < -0.39 is 4.92 Å². The minimum atomic E-state index is -0.464. The van der Waals surface area contributed by atoms with Crippen molar-refractivity contribution < 1.29 is 9.72 Å². The second kappa shape index (κ2) is 6.66. The van der Waals surface area contributed by atoms with Crippen LogP contribution < -0.4 is 5.32 Å². The zero-order valence-corrected chi connectivity index (χ0v) is 12.2. The van der Waals surface area contributed by atoms with E-state index >= 15 is 0 Å². The number of aromatic amines is 1. The Morgan fingerprint density at radius 1 is 1.55 bits per heavy atom. The van der Waals surface area contributed by atoms with Crippen LogP contribution in [-0.4, -0.2) is 38.1 Å². The molecule has 0 saturated carbocycles. The lowest BCUT2D eigenvalue weighted by Gasteiger charge is -2.20. The minimum absolute atomic E-state index is 0.00591. The maximum absolute atomic E-state index is 12.1. The lowest BCUT2D eigenvalue weighted by atomic mass is 10.1. The lowest BCUT2D eigenvalue weighted by molar-refractivity contribution is -0.384. The van der Waals surface area contributed by atoms with E-state index in [2.05, 4.69) is 20.5 Å². The molecular weight excluding hydrogens is 288 g/mol. The molecule has 1 heterocycles. The Labute approximate surface area is 126 Å². The number of nitro benzene ring substituents is 1. The van der Waals surface area contributed by atoms with Crippen LogP contribution in [0.1, 0.15) is 24.4 Å². The summed E-state index contributed by atoms with van der Waals surface area (Å²) in [5.74, 6) is 0.570. The van der Waals surface area contributed by atoms with Crippen molar-refractivity contribution >= 4 is 11.7 Å². The largest absolute Gasteiger partial charge is 0.331 e. The molecule has 2 rings (SSSR count). The van der Waals surface area contributed by atoms with Gasteiger partial charge in [0.15, 0.2) is 0 Å². The molecule has 2 aromatic rings. The highest BCUT2D eigenvalue weighted by atomic mass is 16.6. The van der Waals surface area contributed by atoms with Gasteiger partial charge in [-0.25, -0.2) is 9.78 Å². The fraction of sp³-hybridized carbons (Fsp3) is 0.308. The van der Waals surface area contributed by atoms with Gasteiger partial charge in [0.25, 0.3) is 5.69 Å². The van der Waals surface area contributed by atoms with Crippen molar-refractivity contribution in [1.82, 2.24) is 25.4 Å². The van der Waals surface area contributed by atoms with Crippen LogP contribution in [0.15, 0.2) is 30.6 Å². The van der Waals surface area contributed by atoms with Crippen molar-refractivity contribution in [3.05, 3.63) is 52.1 Å². The lowest BCUT2D eigenvalue weighted by Crippen LogP contribution is -2.38. The summed E-state index contributed by atoms with van der Waals surface area (Å²) in [5.41, 5.74) is 0.657. The molecule has 0 bridgehead atoms. The van der Waals surface area contributed by atoms with Gasteiger partial charge in [-0.3, -0.25) is 15.2 Å². The van der Waals surface area contributed by atoms with E-state index in [9.17, 15) is 14.9 Å². The van der Waals surface area contributed by atoms with Gasteiger partial charge in [0.1, 0.15) is 12.2 Å². The minimum Gasteiger partial charge on any atom is -0.331 e. The van der Waals surface area contributed by atoms with E-state index in [1.807, 2.05) is 0 Å². The Morgan fingerprint density at radius 2 is 2.32 bits per heavy atom. The number of aromatic nitrogens is 3. The third-order valence-electron chi connectivity index (χ3n) is 3.12. The van der Waals surface area contributed by atoms with Gasteiger partial charge >= 0.3 is 6.03 Å². The number of hydrogen-bond donors (Lipinski definition) is 2. The molecule has 0 saturated heterocycles. The molecule has 2 amide bonds. The second-order valence-corrected chi connectivity index (χ2v) is 4.81. The van der Waals surface area contributed by atoms with Crippen LogP contribution in [0.3, 0.4) is 0 Å². The van der Waals surface area contributed by atoms with Gasteiger partial charge in [-0.1, -0.05) is 12.1 Å². The maximum atomic E-state index is 12.1. The summed E-state index contributed by atoms with van der Waals surface area (Å²) in [6, 6.07) is 5.51. The predicted octanol–water partition coefficient (Wildman–Crippen LogP) is 1.62. The molecule has 0 aliphatic heterocycles. The summed E-state index contributed by atoms with van der Waals surface area (Å²) >= 11 is 0. The number of non-ortho nitro benzene ring substituents is 1. The van der Waals surface area contributed by atoms with Gasteiger partial charge in [0.2, 0.25) is 0 Å². The van der Waals surface area contributed by atoms with Gasteiger partial charge in [0, 0.05) is 19.2 Å². The molecule has 9 heteroatoms. The van der Waals surface area contributed by atoms with Crippen molar-refractivity contribution in [2.75, 3.05) is 7.05 Å². The van der Waals surface area contributed by atoms with Crippen molar-refractivity contribution in [3.63, 3.8) is 0 Å². The predicted molar refractivity (Wildman–Crippen MR) is 77.9 cm³/mol. The smallest absolute Gasteiger partial charge is 0.318 e. The fourth-order valence-corrected chi connectivity index (χ4v) is 1.89. The van der Waals surface area contributed by atoms with Gasteiger partial charge in [0.05, 0.1) is 17.5 Å². The summed E-state index contributed by atoms with van der Waals surface area (Å²) in [5, 5.41) is 19.9. The number of carbonyl (C=O) groups excluding carboxylic acids is 1. The summed E-state index contributed by atoms with van der Waals surface area (Å²) in [4.78, 5) is 27.8. The Kier molecular flexibility index (Phi) is 4.66. The van der Waals surface area contributed by atoms with Gasteiger partial charge in [-0.2, -0.15) is 5.10 Å². The van der Waals surface area contributed by atoms with Crippen LogP contribution in [0.2, 0.25) is 0 Å². The Bertz CT molecular complexity index is 658. The topological polar surface area (TPSA) is 117 Å². The molecule has 22 heavy (non-hydrogen) atoms. The van der Waals surface area contributed by atoms with E-state index in [0.717, 1.165) is 0 Å². The highest BCUT2D eigenvalue weighted by Gasteiger charge is 2.16. The van der Waals surface area contributed by atoms with Crippen molar-refractivity contribution in [2.45, 2.75) is 19.5 Å².